The van der Waals surface area contributed by atoms with Gasteiger partial charge in [0.15, 0.2) is 0 Å². The van der Waals surface area contributed by atoms with E-state index in [1.54, 1.807) is 19.9 Å². The Kier molecular flexibility index (Phi) is 5.18. The fourth-order valence-electron chi connectivity index (χ4n) is 1.40. The Balaban J connectivity index is 2.78. The minimum Gasteiger partial charge on any atom is -0.447 e. The van der Waals surface area contributed by atoms with Gasteiger partial charge in [-0.05, 0) is 38.9 Å². The quantitative estimate of drug-likeness (QED) is 0.587. The van der Waals surface area contributed by atoms with Crippen LogP contribution in [-0.4, -0.2) is 20.5 Å². The first kappa shape index (κ1) is 15.8. The van der Waals surface area contributed by atoms with E-state index in [9.17, 15) is 8.42 Å². The van der Waals surface area contributed by atoms with Gasteiger partial charge in [-0.15, -0.1) is 6.42 Å². The van der Waals surface area contributed by atoms with Gasteiger partial charge in [0, 0.05) is 0 Å². The lowest BCUT2D eigenvalue weighted by molar-refractivity contribution is 0.396. The summed E-state index contributed by atoms with van der Waals surface area (Å²) in [4.78, 5) is 0. The van der Waals surface area contributed by atoms with Gasteiger partial charge in [0.1, 0.15) is 5.76 Å². The molecule has 0 saturated heterocycles. The van der Waals surface area contributed by atoms with Crippen molar-refractivity contribution in [2.24, 2.45) is 0 Å². The molecule has 6 heteroatoms. The van der Waals surface area contributed by atoms with Crippen LogP contribution in [0.4, 0.5) is 0 Å². The molecule has 0 spiro atoms. The molecule has 0 aliphatic rings. The van der Waals surface area contributed by atoms with Gasteiger partial charge < -0.3 is 9.73 Å². The first-order chi connectivity index (χ1) is 8.80. The summed E-state index contributed by atoms with van der Waals surface area (Å²) in [6, 6.07) is 3.07. The second-order valence-corrected chi connectivity index (χ2v) is 6.39. The molecule has 0 amide bonds. The molecule has 2 N–H and O–H groups in total. The van der Waals surface area contributed by atoms with E-state index in [-0.39, 0.29) is 5.09 Å². The first-order valence-electron chi connectivity index (χ1n) is 6.12. The molecule has 0 unspecified atom stereocenters. The highest BCUT2D eigenvalue weighted by molar-refractivity contribution is 7.89. The molecule has 1 heterocycles. The second-order valence-electron chi connectivity index (χ2n) is 4.77. The Morgan fingerprint density at radius 2 is 2.11 bits per heavy atom. The van der Waals surface area contributed by atoms with E-state index in [1.165, 1.54) is 6.07 Å². The third-order valence-corrected chi connectivity index (χ3v) is 3.91. The highest BCUT2D eigenvalue weighted by Gasteiger charge is 2.26. The largest absolute Gasteiger partial charge is 0.447 e. The summed E-state index contributed by atoms with van der Waals surface area (Å²) in [5.41, 5.74) is -0.952. The van der Waals surface area contributed by atoms with Gasteiger partial charge in [-0.25, -0.2) is 8.42 Å². The maximum Gasteiger partial charge on any atom is 0.275 e. The third kappa shape index (κ3) is 4.71. The smallest absolute Gasteiger partial charge is 0.275 e. The number of terminal acetylenes is 1. The number of sulfonamides is 1. The summed E-state index contributed by atoms with van der Waals surface area (Å²) in [6.45, 7) is 6.62. The maximum absolute atomic E-state index is 12.0. The molecule has 0 aromatic carbocycles. The molecule has 106 valence electrons. The van der Waals surface area contributed by atoms with E-state index >= 15 is 0 Å². The summed E-state index contributed by atoms with van der Waals surface area (Å²) in [5, 5.41) is 3.01. The van der Waals surface area contributed by atoms with Crippen molar-refractivity contribution in [3.63, 3.8) is 0 Å². The van der Waals surface area contributed by atoms with Crippen molar-refractivity contribution in [2.75, 3.05) is 6.54 Å². The van der Waals surface area contributed by atoms with E-state index in [4.69, 9.17) is 10.8 Å². The molecule has 19 heavy (non-hydrogen) atoms. The van der Waals surface area contributed by atoms with Gasteiger partial charge in [-0.1, -0.05) is 12.8 Å². The molecule has 0 aliphatic carbocycles. The molecule has 0 saturated carbocycles. The molecule has 0 atom stereocenters. The van der Waals surface area contributed by atoms with Gasteiger partial charge >= 0.3 is 0 Å². The van der Waals surface area contributed by atoms with E-state index in [2.05, 4.69) is 22.9 Å². The summed E-state index contributed by atoms with van der Waals surface area (Å²) in [6.07, 6.45) is 6.26. The predicted molar refractivity (Wildman–Crippen MR) is 73.9 cm³/mol. The minimum atomic E-state index is -3.73. The topological polar surface area (TPSA) is 71.3 Å². The molecular weight excluding hydrogens is 264 g/mol. The third-order valence-electron chi connectivity index (χ3n) is 2.38. The van der Waals surface area contributed by atoms with Crippen molar-refractivity contribution >= 4 is 10.0 Å². The van der Waals surface area contributed by atoms with Gasteiger partial charge in [-0.3, -0.25) is 0 Å². The molecule has 1 rings (SSSR count). The van der Waals surface area contributed by atoms with Crippen LogP contribution in [0.1, 0.15) is 33.0 Å². The van der Waals surface area contributed by atoms with Crippen LogP contribution < -0.4 is 10.0 Å². The lowest BCUT2D eigenvalue weighted by Gasteiger charge is -2.18. The van der Waals surface area contributed by atoms with Crippen LogP contribution in [0.2, 0.25) is 0 Å². The Morgan fingerprint density at radius 1 is 1.42 bits per heavy atom. The molecule has 0 aliphatic heterocycles. The van der Waals surface area contributed by atoms with Gasteiger partial charge in [-0.2, -0.15) is 4.72 Å². The summed E-state index contributed by atoms with van der Waals surface area (Å²) in [5.74, 6) is 2.95. The average Bonchev–Trinajstić information content (AvgIpc) is 2.78. The first-order valence-corrected chi connectivity index (χ1v) is 7.60. The SMILES string of the molecule is C#CC(C)(C)NS(=O)(=O)c1ccc(CNCCC)o1. The normalized spacial score (nSPS) is 12.3. The number of furan rings is 1. The van der Waals surface area contributed by atoms with Crippen LogP contribution >= 0.6 is 0 Å². The van der Waals surface area contributed by atoms with Crippen LogP contribution in [0.5, 0.6) is 0 Å². The van der Waals surface area contributed by atoms with Crippen LogP contribution in [-0.2, 0) is 16.6 Å². The summed E-state index contributed by atoms with van der Waals surface area (Å²) >= 11 is 0. The average molecular weight is 284 g/mol. The zero-order valence-corrected chi connectivity index (χ0v) is 12.3. The van der Waals surface area contributed by atoms with E-state index < -0.39 is 15.6 Å². The van der Waals surface area contributed by atoms with Gasteiger partial charge in [0.05, 0.1) is 12.1 Å². The molecule has 0 radical (unpaired) electrons. The molecule has 1 aromatic heterocycles. The molecule has 0 bridgehead atoms. The molecule has 1 aromatic rings. The van der Waals surface area contributed by atoms with Crippen molar-refractivity contribution < 1.29 is 12.8 Å². The van der Waals surface area contributed by atoms with Crippen molar-refractivity contribution in [1.29, 1.82) is 0 Å². The fraction of sp³-hybridized carbons (Fsp3) is 0.538. The zero-order chi connectivity index (χ0) is 14.5. The Bertz CT molecular complexity index is 553. The summed E-state index contributed by atoms with van der Waals surface area (Å²) in [7, 11) is -3.73. The highest BCUT2D eigenvalue weighted by Crippen LogP contribution is 2.16. The fourth-order valence-corrected chi connectivity index (χ4v) is 2.70. The lowest BCUT2D eigenvalue weighted by Crippen LogP contribution is -2.41. The van der Waals surface area contributed by atoms with Crippen LogP contribution in [0.3, 0.4) is 0 Å². The Morgan fingerprint density at radius 3 is 2.68 bits per heavy atom. The Labute approximate surface area is 114 Å². The van der Waals surface area contributed by atoms with Gasteiger partial charge in [0.25, 0.3) is 10.0 Å². The molecule has 0 fully saturated rings. The van der Waals surface area contributed by atoms with Crippen LogP contribution in [0, 0.1) is 12.3 Å². The van der Waals surface area contributed by atoms with Crippen molar-refractivity contribution in [3.8, 4) is 12.3 Å². The summed E-state index contributed by atoms with van der Waals surface area (Å²) < 4.78 is 31.8. The van der Waals surface area contributed by atoms with E-state index in [0.29, 0.717) is 12.3 Å². The zero-order valence-electron chi connectivity index (χ0n) is 11.5. The number of rotatable bonds is 7. The van der Waals surface area contributed by atoms with E-state index in [1.807, 2.05) is 0 Å². The number of hydrogen-bond donors (Lipinski definition) is 2. The molecule has 5 nitrogen and oxygen atoms in total. The van der Waals surface area contributed by atoms with E-state index in [0.717, 1.165) is 13.0 Å². The monoisotopic (exact) mass is 284 g/mol. The maximum atomic E-state index is 12.0. The van der Waals surface area contributed by atoms with Crippen LogP contribution in [0.25, 0.3) is 0 Å². The minimum absolute atomic E-state index is 0.121. The lowest BCUT2D eigenvalue weighted by atomic mass is 10.1. The highest BCUT2D eigenvalue weighted by atomic mass is 32.2. The van der Waals surface area contributed by atoms with Crippen molar-refractivity contribution in [3.05, 3.63) is 17.9 Å². The standard InChI is InChI=1S/C13H20N2O3S/c1-5-9-14-10-11-7-8-12(18-11)19(16,17)15-13(3,4)6-2/h2,7-8,14-15H,5,9-10H2,1,3-4H3. The van der Waals surface area contributed by atoms with Crippen molar-refractivity contribution in [1.82, 2.24) is 10.0 Å². The van der Waals surface area contributed by atoms with Crippen molar-refractivity contribution in [2.45, 2.75) is 44.4 Å². The Hall–Kier alpha value is -1.29. The van der Waals surface area contributed by atoms with Crippen LogP contribution in [0.15, 0.2) is 21.6 Å². The predicted octanol–water partition coefficient (Wildman–Crippen LogP) is 1.47. The van der Waals surface area contributed by atoms with Gasteiger partial charge in [0.2, 0.25) is 5.09 Å². The second kappa shape index (κ2) is 6.24. The number of hydrogen-bond acceptors (Lipinski definition) is 4. The number of nitrogens with one attached hydrogen (secondary N) is 2. The molecular formula is C13H20N2O3S.